The summed E-state index contributed by atoms with van der Waals surface area (Å²) in [4.78, 5) is 11.4. The van der Waals surface area contributed by atoms with E-state index in [1.807, 2.05) is 26.0 Å². The van der Waals surface area contributed by atoms with Gasteiger partial charge in [-0.3, -0.25) is 4.79 Å². The molecule has 16 heavy (non-hydrogen) atoms. The second-order valence-electron chi connectivity index (χ2n) is 3.18. The summed E-state index contributed by atoms with van der Waals surface area (Å²) in [6.45, 7) is 5.05. The smallest absolute Gasteiger partial charge is 0.163 e. The number of ketones is 1. The van der Waals surface area contributed by atoms with Crippen LogP contribution in [-0.4, -0.2) is 33.2 Å². The molecule has 0 bridgehead atoms. The van der Waals surface area contributed by atoms with Gasteiger partial charge in [0, 0.05) is 26.2 Å². The second-order valence-corrected chi connectivity index (χ2v) is 3.18. The van der Waals surface area contributed by atoms with Crippen molar-refractivity contribution in [3.63, 3.8) is 0 Å². The predicted molar refractivity (Wildman–Crippen MR) is 65.5 cm³/mol. The van der Waals surface area contributed by atoms with Gasteiger partial charge in [0.1, 0.15) is 0 Å². The Morgan fingerprint density at radius 2 is 1.62 bits per heavy atom. The lowest BCUT2D eigenvalue weighted by molar-refractivity contribution is -0.114. The second kappa shape index (κ2) is 9.31. The molecule has 0 heterocycles. The fourth-order valence-electron chi connectivity index (χ4n) is 1.50. The third-order valence-electron chi connectivity index (χ3n) is 2.22. The molecule has 0 atom stereocenters. The Balaban J connectivity index is 0.00000106. The number of allylic oxidation sites excluding steroid dienone is 2. The monoisotopic (exact) mass is 226 g/mol. The van der Waals surface area contributed by atoms with Crippen molar-refractivity contribution in [2.45, 2.75) is 26.7 Å². The molecule has 0 N–H and O–H groups in total. The molecular weight excluding hydrogens is 204 g/mol. The quantitative estimate of drug-likeness (QED) is 0.691. The Morgan fingerprint density at radius 1 is 1.06 bits per heavy atom. The molecule has 0 amide bonds. The number of ether oxygens (including phenoxy) is 2. The van der Waals surface area contributed by atoms with Crippen LogP contribution in [0.3, 0.4) is 0 Å². The van der Waals surface area contributed by atoms with Gasteiger partial charge in [-0.05, 0) is 18.1 Å². The third kappa shape index (κ3) is 4.73. The van der Waals surface area contributed by atoms with E-state index < -0.39 is 0 Å². The lowest BCUT2D eigenvalue weighted by atomic mass is 10.1. The van der Waals surface area contributed by atoms with E-state index in [-0.39, 0.29) is 5.78 Å². The summed E-state index contributed by atoms with van der Waals surface area (Å²) in [5.41, 5.74) is 1.90. The van der Waals surface area contributed by atoms with Gasteiger partial charge in [0.05, 0.1) is 13.2 Å². The van der Waals surface area contributed by atoms with Crippen LogP contribution in [0.25, 0.3) is 0 Å². The molecule has 0 aromatic heterocycles. The number of hydrogen-bond donors (Lipinski definition) is 0. The molecule has 0 saturated heterocycles. The van der Waals surface area contributed by atoms with Gasteiger partial charge in [0.2, 0.25) is 0 Å². The molecule has 1 aliphatic carbocycles. The first kappa shape index (κ1) is 15.1. The SMILES string of the molecule is CC.COC/C=C1/CCC(=O)/C1=C/COC. The van der Waals surface area contributed by atoms with E-state index in [2.05, 4.69) is 0 Å². The summed E-state index contributed by atoms with van der Waals surface area (Å²) >= 11 is 0. The van der Waals surface area contributed by atoms with Gasteiger partial charge in [-0.1, -0.05) is 19.9 Å². The Labute approximate surface area is 98.1 Å². The van der Waals surface area contributed by atoms with Crippen LogP contribution in [-0.2, 0) is 14.3 Å². The molecule has 0 spiro atoms. The van der Waals surface area contributed by atoms with Crippen molar-refractivity contribution < 1.29 is 14.3 Å². The van der Waals surface area contributed by atoms with Crippen molar-refractivity contribution in [3.8, 4) is 0 Å². The highest BCUT2D eigenvalue weighted by atomic mass is 16.5. The number of hydrogen-bond acceptors (Lipinski definition) is 3. The van der Waals surface area contributed by atoms with Crippen molar-refractivity contribution in [1.29, 1.82) is 0 Å². The topological polar surface area (TPSA) is 35.5 Å². The molecule has 92 valence electrons. The number of carbonyl (C=O) groups excluding carboxylic acids is 1. The van der Waals surface area contributed by atoms with Gasteiger partial charge >= 0.3 is 0 Å². The van der Waals surface area contributed by atoms with Crippen LogP contribution in [0, 0.1) is 0 Å². The first-order chi connectivity index (χ1) is 7.79. The van der Waals surface area contributed by atoms with Crippen molar-refractivity contribution in [1.82, 2.24) is 0 Å². The minimum atomic E-state index is 0.212. The van der Waals surface area contributed by atoms with E-state index >= 15 is 0 Å². The highest BCUT2D eigenvalue weighted by molar-refractivity contribution is 6.02. The number of rotatable bonds is 4. The Hall–Kier alpha value is -0.930. The van der Waals surface area contributed by atoms with Crippen LogP contribution in [0.15, 0.2) is 23.3 Å². The highest BCUT2D eigenvalue weighted by Crippen LogP contribution is 2.26. The maximum atomic E-state index is 11.4. The average molecular weight is 226 g/mol. The molecular formula is C13H22O3. The molecule has 3 nitrogen and oxygen atoms in total. The van der Waals surface area contributed by atoms with Crippen LogP contribution in [0.5, 0.6) is 0 Å². The van der Waals surface area contributed by atoms with Crippen molar-refractivity contribution in [2.75, 3.05) is 27.4 Å². The van der Waals surface area contributed by atoms with Crippen molar-refractivity contribution in [3.05, 3.63) is 23.3 Å². The maximum absolute atomic E-state index is 11.4. The third-order valence-corrected chi connectivity index (χ3v) is 2.22. The normalized spacial score (nSPS) is 20.1. The number of methoxy groups -OCH3 is 2. The van der Waals surface area contributed by atoms with Crippen LogP contribution < -0.4 is 0 Å². The molecule has 1 fully saturated rings. The Bertz CT molecular complexity index is 264. The maximum Gasteiger partial charge on any atom is 0.163 e. The molecule has 0 aromatic rings. The first-order valence-corrected chi connectivity index (χ1v) is 5.70. The van der Waals surface area contributed by atoms with Crippen molar-refractivity contribution >= 4 is 5.78 Å². The zero-order valence-corrected chi connectivity index (χ0v) is 10.7. The summed E-state index contributed by atoms with van der Waals surface area (Å²) < 4.78 is 9.86. The summed E-state index contributed by atoms with van der Waals surface area (Å²) in [5, 5.41) is 0. The minimum Gasteiger partial charge on any atom is -0.381 e. The van der Waals surface area contributed by atoms with Gasteiger partial charge in [-0.25, -0.2) is 0 Å². The zero-order valence-electron chi connectivity index (χ0n) is 10.7. The van der Waals surface area contributed by atoms with E-state index in [4.69, 9.17) is 9.47 Å². The zero-order chi connectivity index (χ0) is 12.4. The number of Topliss-reactive ketones (excluding diaryl/α,β-unsaturated/α-hetero) is 1. The fraction of sp³-hybridized carbons (Fsp3) is 0.615. The molecule has 1 rings (SSSR count). The van der Waals surface area contributed by atoms with Crippen LogP contribution in [0.4, 0.5) is 0 Å². The lowest BCUT2D eigenvalue weighted by Crippen LogP contribution is -1.96. The minimum absolute atomic E-state index is 0.212. The molecule has 0 aliphatic heterocycles. The molecule has 0 radical (unpaired) electrons. The van der Waals surface area contributed by atoms with E-state index in [0.717, 1.165) is 17.6 Å². The molecule has 1 saturated carbocycles. The van der Waals surface area contributed by atoms with Gasteiger partial charge in [0.15, 0.2) is 5.78 Å². The van der Waals surface area contributed by atoms with Gasteiger partial charge < -0.3 is 9.47 Å². The standard InChI is InChI=1S/C11H16O3.C2H6/c1-13-7-5-9-3-4-11(12)10(9)6-8-14-2;1-2/h5-6H,3-4,7-8H2,1-2H3;1-2H3/b9-5-,10-6+;. The molecule has 1 aliphatic rings. The predicted octanol–water partition coefficient (Wildman–Crippen LogP) is 2.52. The Morgan fingerprint density at radius 3 is 2.19 bits per heavy atom. The van der Waals surface area contributed by atoms with Crippen LogP contribution >= 0.6 is 0 Å². The molecule has 3 heteroatoms. The average Bonchev–Trinajstić information content (AvgIpc) is 2.67. The highest BCUT2D eigenvalue weighted by Gasteiger charge is 2.21. The van der Waals surface area contributed by atoms with E-state index in [1.54, 1.807) is 14.2 Å². The summed E-state index contributed by atoms with van der Waals surface area (Å²) in [7, 11) is 3.27. The lowest BCUT2D eigenvalue weighted by Gasteiger charge is -1.99. The van der Waals surface area contributed by atoms with E-state index in [1.165, 1.54) is 0 Å². The van der Waals surface area contributed by atoms with Crippen LogP contribution in [0.2, 0.25) is 0 Å². The van der Waals surface area contributed by atoms with Gasteiger partial charge in [0.25, 0.3) is 0 Å². The van der Waals surface area contributed by atoms with Crippen LogP contribution in [0.1, 0.15) is 26.7 Å². The van der Waals surface area contributed by atoms with E-state index in [0.29, 0.717) is 19.6 Å². The summed E-state index contributed by atoms with van der Waals surface area (Å²) in [6.07, 6.45) is 5.26. The fourth-order valence-corrected chi connectivity index (χ4v) is 1.50. The Kier molecular flexibility index (Phi) is 8.77. The van der Waals surface area contributed by atoms with E-state index in [9.17, 15) is 4.79 Å². The van der Waals surface area contributed by atoms with Gasteiger partial charge in [-0.2, -0.15) is 0 Å². The first-order valence-electron chi connectivity index (χ1n) is 5.70. The summed E-state index contributed by atoms with van der Waals surface area (Å²) in [6, 6.07) is 0. The van der Waals surface area contributed by atoms with Gasteiger partial charge in [-0.15, -0.1) is 0 Å². The van der Waals surface area contributed by atoms with Crippen molar-refractivity contribution in [2.24, 2.45) is 0 Å². The largest absolute Gasteiger partial charge is 0.381 e. The molecule has 0 unspecified atom stereocenters. The molecule has 0 aromatic carbocycles. The summed E-state index contributed by atoms with van der Waals surface area (Å²) in [5.74, 6) is 0.212. The number of carbonyl (C=O) groups is 1.